The maximum absolute atomic E-state index is 12.7. The minimum absolute atomic E-state index is 0.0184. The lowest BCUT2D eigenvalue weighted by atomic mass is 9.87. The molecule has 0 spiro atoms. The highest BCUT2D eigenvalue weighted by Gasteiger charge is 2.25. The lowest BCUT2D eigenvalue weighted by Crippen LogP contribution is -2.26. The van der Waals surface area contributed by atoms with Gasteiger partial charge in [0, 0.05) is 24.7 Å². The van der Waals surface area contributed by atoms with Gasteiger partial charge in [0.15, 0.2) is 0 Å². The molecule has 158 valence electrons. The zero-order valence-electron chi connectivity index (χ0n) is 17.1. The third kappa shape index (κ3) is 4.55. The largest absolute Gasteiger partial charge is 0.338 e. The summed E-state index contributed by atoms with van der Waals surface area (Å²) in [4.78, 5) is 14.4. The molecule has 0 aliphatic rings. The Labute approximate surface area is 174 Å². The highest BCUT2D eigenvalue weighted by Crippen LogP contribution is 2.26. The van der Waals surface area contributed by atoms with E-state index in [2.05, 4.69) is 30.9 Å². The third-order valence-electron chi connectivity index (χ3n) is 4.57. The van der Waals surface area contributed by atoms with Crippen molar-refractivity contribution in [2.24, 2.45) is 0 Å². The quantitative estimate of drug-likeness (QED) is 0.431. The van der Waals surface area contributed by atoms with Crippen molar-refractivity contribution in [2.75, 3.05) is 7.05 Å². The van der Waals surface area contributed by atoms with Gasteiger partial charge in [-0.25, -0.2) is 8.42 Å². The Morgan fingerprint density at radius 1 is 1.13 bits per heavy atom. The smallest absolute Gasteiger partial charge is 0.270 e. The maximum atomic E-state index is 12.7. The van der Waals surface area contributed by atoms with Crippen LogP contribution in [0.15, 0.2) is 57.9 Å². The van der Waals surface area contributed by atoms with Gasteiger partial charge in [-0.15, -0.1) is 0 Å². The van der Waals surface area contributed by atoms with E-state index >= 15 is 0 Å². The molecule has 0 unspecified atom stereocenters. The van der Waals surface area contributed by atoms with Crippen LogP contribution < -0.4 is 0 Å². The summed E-state index contributed by atoms with van der Waals surface area (Å²) in [5.74, 6) is 0.466. The van der Waals surface area contributed by atoms with Gasteiger partial charge in [-0.1, -0.05) is 56.3 Å². The molecule has 0 fully saturated rings. The molecule has 0 aliphatic carbocycles. The summed E-state index contributed by atoms with van der Waals surface area (Å²) >= 11 is 0. The average molecular weight is 430 g/mol. The number of hydrogen-bond donors (Lipinski definition) is 0. The van der Waals surface area contributed by atoms with Gasteiger partial charge in [0.1, 0.15) is 0 Å². The number of nitrogens with zero attached hydrogens (tertiary/aromatic N) is 4. The van der Waals surface area contributed by atoms with Gasteiger partial charge >= 0.3 is 0 Å². The summed E-state index contributed by atoms with van der Waals surface area (Å²) in [6.07, 6.45) is 0. The topological polar surface area (TPSA) is 119 Å². The monoisotopic (exact) mass is 430 g/mol. The summed E-state index contributed by atoms with van der Waals surface area (Å²) in [5, 5.41) is 14.8. The second kappa shape index (κ2) is 7.96. The van der Waals surface area contributed by atoms with Crippen molar-refractivity contribution in [3.8, 4) is 11.4 Å². The van der Waals surface area contributed by atoms with Crippen LogP contribution in [0.2, 0.25) is 0 Å². The molecule has 0 radical (unpaired) electrons. The maximum Gasteiger partial charge on any atom is 0.270 e. The summed E-state index contributed by atoms with van der Waals surface area (Å²) in [6.45, 7) is 6.18. The molecule has 0 N–H and O–H groups in total. The van der Waals surface area contributed by atoms with E-state index in [1.165, 1.54) is 25.2 Å². The van der Waals surface area contributed by atoms with E-state index in [9.17, 15) is 18.5 Å². The zero-order valence-corrected chi connectivity index (χ0v) is 17.9. The minimum Gasteiger partial charge on any atom is -0.338 e. The molecule has 0 aliphatic heterocycles. The summed E-state index contributed by atoms with van der Waals surface area (Å²) in [7, 11) is -2.63. The second-order valence-corrected chi connectivity index (χ2v) is 9.90. The van der Waals surface area contributed by atoms with Crippen molar-refractivity contribution in [1.29, 1.82) is 0 Å². The Morgan fingerprint density at radius 2 is 1.80 bits per heavy atom. The zero-order chi connectivity index (χ0) is 22.1. The van der Waals surface area contributed by atoms with E-state index in [1.54, 1.807) is 0 Å². The van der Waals surface area contributed by atoms with Crippen LogP contribution in [0.25, 0.3) is 11.4 Å². The molecule has 0 saturated carbocycles. The predicted octanol–water partition coefficient (Wildman–Crippen LogP) is 3.76. The number of nitro groups is 1. The third-order valence-corrected chi connectivity index (χ3v) is 6.37. The standard InChI is InChI=1S/C20H22N4O5S/c1-20(2,3)15-10-8-14(9-11-15)19-21-18(29-22-19)13-23(4)30(27,28)17-7-5-6-16(12-17)24(25)26/h5-12H,13H2,1-4H3. The molecule has 3 rings (SSSR count). The first-order valence-corrected chi connectivity index (χ1v) is 10.6. The van der Waals surface area contributed by atoms with E-state index in [0.29, 0.717) is 5.82 Å². The Kier molecular flexibility index (Phi) is 5.73. The molecule has 0 saturated heterocycles. The van der Waals surface area contributed by atoms with Crippen LogP contribution in [0.1, 0.15) is 32.2 Å². The molecular formula is C20H22N4O5S. The fraction of sp³-hybridized carbons (Fsp3) is 0.300. The predicted molar refractivity (Wildman–Crippen MR) is 110 cm³/mol. The van der Waals surface area contributed by atoms with Crippen molar-refractivity contribution in [1.82, 2.24) is 14.4 Å². The average Bonchev–Trinajstić information content (AvgIpc) is 3.16. The Bertz CT molecular complexity index is 1160. The number of nitro benzene ring substituents is 1. The van der Waals surface area contributed by atoms with Crippen LogP contribution >= 0.6 is 0 Å². The van der Waals surface area contributed by atoms with Crippen LogP contribution in [-0.4, -0.2) is 34.8 Å². The van der Waals surface area contributed by atoms with Crippen LogP contribution in [0, 0.1) is 10.1 Å². The molecule has 0 amide bonds. The summed E-state index contributed by atoms with van der Waals surface area (Å²) in [6, 6.07) is 12.6. The van der Waals surface area contributed by atoms with Crippen molar-refractivity contribution in [3.05, 3.63) is 70.1 Å². The molecule has 9 nitrogen and oxygen atoms in total. The number of hydrogen-bond acceptors (Lipinski definition) is 7. The van der Waals surface area contributed by atoms with Gasteiger partial charge in [0.2, 0.25) is 21.7 Å². The highest BCUT2D eigenvalue weighted by molar-refractivity contribution is 7.89. The van der Waals surface area contributed by atoms with E-state index in [4.69, 9.17) is 4.52 Å². The van der Waals surface area contributed by atoms with Gasteiger partial charge < -0.3 is 4.52 Å². The first kappa shape index (κ1) is 21.6. The van der Waals surface area contributed by atoms with Crippen molar-refractivity contribution >= 4 is 15.7 Å². The summed E-state index contributed by atoms with van der Waals surface area (Å²) < 4.78 is 31.7. The molecule has 0 atom stereocenters. The first-order valence-electron chi connectivity index (χ1n) is 9.13. The van der Waals surface area contributed by atoms with Crippen LogP contribution in [-0.2, 0) is 22.0 Å². The van der Waals surface area contributed by atoms with E-state index in [-0.39, 0.29) is 28.4 Å². The number of rotatable bonds is 6. The van der Waals surface area contributed by atoms with Crippen LogP contribution in [0.4, 0.5) is 5.69 Å². The Morgan fingerprint density at radius 3 is 2.40 bits per heavy atom. The lowest BCUT2D eigenvalue weighted by molar-refractivity contribution is -0.385. The Hall–Kier alpha value is -3.11. The number of sulfonamides is 1. The van der Waals surface area contributed by atoms with E-state index < -0.39 is 14.9 Å². The van der Waals surface area contributed by atoms with Crippen LogP contribution in [0.5, 0.6) is 0 Å². The first-order chi connectivity index (χ1) is 14.0. The fourth-order valence-corrected chi connectivity index (χ4v) is 3.93. The summed E-state index contributed by atoms with van der Waals surface area (Å²) in [5.41, 5.74) is 1.63. The van der Waals surface area contributed by atoms with Crippen LogP contribution in [0.3, 0.4) is 0 Å². The Balaban J connectivity index is 1.78. The van der Waals surface area contributed by atoms with Gasteiger partial charge in [-0.3, -0.25) is 10.1 Å². The molecule has 0 bridgehead atoms. The SMILES string of the molecule is CN(Cc1nc(-c2ccc(C(C)(C)C)cc2)no1)S(=O)(=O)c1cccc([N+](=O)[O-])c1. The molecule has 30 heavy (non-hydrogen) atoms. The van der Waals surface area contributed by atoms with Gasteiger partial charge in [-0.2, -0.15) is 9.29 Å². The second-order valence-electron chi connectivity index (χ2n) is 7.85. The van der Waals surface area contributed by atoms with Crippen molar-refractivity contribution < 1.29 is 17.9 Å². The van der Waals surface area contributed by atoms with E-state index in [1.807, 2.05) is 24.3 Å². The molecule has 2 aromatic carbocycles. The van der Waals surface area contributed by atoms with Gasteiger partial charge in [-0.05, 0) is 17.0 Å². The molecule has 10 heteroatoms. The van der Waals surface area contributed by atoms with Gasteiger partial charge in [0.25, 0.3) is 5.69 Å². The minimum atomic E-state index is -3.97. The van der Waals surface area contributed by atoms with Gasteiger partial charge in [0.05, 0.1) is 16.4 Å². The number of non-ortho nitro benzene ring substituents is 1. The van der Waals surface area contributed by atoms with Crippen molar-refractivity contribution in [3.63, 3.8) is 0 Å². The highest BCUT2D eigenvalue weighted by atomic mass is 32.2. The number of aromatic nitrogens is 2. The van der Waals surface area contributed by atoms with Crippen molar-refractivity contribution in [2.45, 2.75) is 37.6 Å². The molecule has 1 heterocycles. The molecule has 1 aromatic heterocycles. The fourth-order valence-electron chi connectivity index (χ4n) is 2.77. The van der Waals surface area contributed by atoms with E-state index in [0.717, 1.165) is 21.5 Å². The normalized spacial score (nSPS) is 12.3. The number of benzene rings is 2. The molecular weight excluding hydrogens is 408 g/mol. The lowest BCUT2D eigenvalue weighted by Gasteiger charge is -2.18. The molecule has 3 aromatic rings.